The van der Waals surface area contributed by atoms with Crippen LogP contribution in [0.25, 0.3) is 0 Å². The number of para-hydroxylation sites is 1. The Kier molecular flexibility index (Phi) is 4.94. The fourth-order valence-electron chi connectivity index (χ4n) is 1.79. The number of rotatable bonds is 5. The van der Waals surface area contributed by atoms with Crippen LogP contribution in [0, 0.1) is 0 Å². The first-order valence-corrected chi connectivity index (χ1v) is 7.33. The smallest absolute Gasteiger partial charge is 0.338 e. The van der Waals surface area contributed by atoms with Gasteiger partial charge < -0.3 is 10.4 Å². The van der Waals surface area contributed by atoms with Crippen molar-refractivity contribution in [1.82, 2.24) is 4.98 Å². The summed E-state index contributed by atoms with van der Waals surface area (Å²) < 4.78 is 0. The maximum atomic E-state index is 12.2. The molecule has 1 aromatic carbocycles. The summed E-state index contributed by atoms with van der Waals surface area (Å²) in [5.41, 5.74) is 0.438. The number of carboxylic acids is 1. The molecule has 0 bridgehead atoms. The van der Waals surface area contributed by atoms with E-state index in [1.54, 1.807) is 17.8 Å². The highest BCUT2D eigenvalue weighted by Gasteiger charge is 2.18. The highest BCUT2D eigenvalue weighted by atomic mass is 32.2. The second kappa shape index (κ2) is 6.90. The molecule has 0 atom stereocenters. The van der Waals surface area contributed by atoms with Gasteiger partial charge in [-0.3, -0.25) is 9.78 Å². The molecule has 0 aliphatic heterocycles. The molecule has 0 unspecified atom stereocenters. The Hall–Kier alpha value is -2.34. The molecule has 1 heterocycles. The van der Waals surface area contributed by atoms with Gasteiger partial charge in [-0.2, -0.15) is 0 Å². The number of aromatic nitrogens is 1. The predicted molar refractivity (Wildman–Crippen MR) is 82.0 cm³/mol. The molecule has 0 saturated carbocycles. The lowest BCUT2D eigenvalue weighted by Gasteiger charge is -2.10. The number of thioether (sulfide) groups is 1. The average molecular weight is 302 g/mol. The lowest BCUT2D eigenvalue weighted by molar-refractivity contribution is 0.0691. The van der Waals surface area contributed by atoms with Crippen molar-refractivity contribution in [3.63, 3.8) is 0 Å². The number of benzene rings is 1. The largest absolute Gasteiger partial charge is 0.478 e. The van der Waals surface area contributed by atoms with Crippen LogP contribution < -0.4 is 5.32 Å². The van der Waals surface area contributed by atoms with Gasteiger partial charge in [0.2, 0.25) is 0 Å². The molecule has 0 aliphatic carbocycles. The van der Waals surface area contributed by atoms with E-state index in [0.717, 1.165) is 10.6 Å². The molecule has 0 radical (unpaired) electrons. The maximum absolute atomic E-state index is 12.2. The highest BCUT2D eigenvalue weighted by molar-refractivity contribution is 7.99. The highest BCUT2D eigenvalue weighted by Crippen LogP contribution is 2.27. The summed E-state index contributed by atoms with van der Waals surface area (Å²) in [7, 11) is 0. The van der Waals surface area contributed by atoms with E-state index in [-0.39, 0.29) is 11.3 Å². The number of nitrogens with one attached hydrogen (secondary N) is 1. The van der Waals surface area contributed by atoms with Crippen molar-refractivity contribution in [2.24, 2.45) is 0 Å². The van der Waals surface area contributed by atoms with E-state index in [4.69, 9.17) is 5.11 Å². The van der Waals surface area contributed by atoms with E-state index in [9.17, 15) is 9.59 Å². The van der Waals surface area contributed by atoms with Gasteiger partial charge in [-0.25, -0.2) is 4.79 Å². The van der Waals surface area contributed by atoms with E-state index < -0.39 is 11.9 Å². The van der Waals surface area contributed by atoms with Crippen molar-refractivity contribution < 1.29 is 14.7 Å². The fraction of sp³-hybridized carbons (Fsp3) is 0.133. The number of aromatic carboxylic acids is 1. The lowest BCUT2D eigenvalue weighted by atomic mass is 10.2. The summed E-state index contributed by atoms with van der Waals surface area (Å²) in [4.78, 5) is 28.2. The number of nitrogens with zero attached hydrogens (tertiary/aromatic N) is 1. The number of carboxylic acid groups (broad SMARTS) is 1. The van der Waals surface area contributed by atoms with Crippen LogP contribution in [-0.4, -0.2) is 27.7 Å². The fourth-order valence-corrected chi connectivity index (χ4v) is 2.55. The minimum atomic E-state index is -1.18. The third kappa shape index (κ3) is 3.61. The van der Waals surface area contributed by atoms with Crippen LogP contribution in [-0.2, 0) is 0 Å². The normalized spacial score (nSPS) is 10.1. The molecule has 0 fully saturated rings. The van der Waals surface area contributed by atoms with Crippen LogP contribution in [0.5, 0.6) is 0 Å². The van der Waals surface area contributed by atoms with E-state index in [1.165, 1.54) is 18.3 Å². The Morgan fingerprint density at radius 1 is 1.24 bits per heavy atom. The van der Waals surface area contributed by atoms with Gasteiger partial charge in [0.05, 0.1) is 11.3 Å². The second-order valence-electron chi connectivity index (χ2n) is 4.09. The van der Waals surface area contributed by atoms with Gasteiger partial charge in [0.25, 0.3) is 5.91 Å². The molecule has 2 N–H and O–H groups in total. The summed E-state index contributed by atoms with van der Waals surface area (Å²) >= 11 is 1.60. The van der Waals surface area contributed by atoms with Gasteiger partial charge >= 0.3 is 5.97 Å². The van der Waals surface area contributed by atoms with Crippen LogP contribution in [0.2, 0.25) is 0 Å². The average Bonchev–Trinajstić information content (AvgIpc) is 2.49. The predicted octanol–water partition coefficient (Wildman–Crippen LogP) is 3.14. The molecule has 5 nitrogen and oxygen atoms in total. The van der Waals surface area contributed by atoms with Crippen LogP contribution in [0.3, 0.4) is 0 Å². The molecule has 2 rings (SSSR count). The van der Waals surface area contributed by atoms with Crippen molar-refractivity contribution in [1.29, 1.82) is 0 Å². The first-order valence-electron chi connectivity index (χ1n) is 6.35. The molecule has 21 heavy (non-hydrogen) atoms. The van der Waals surface area contributed by atoms with Crippen molar-refractivity contribution in [3.05, 3.63) is 53.9 Å². The monoisotopic (exact) mass is 302 g/mol. The summed E-state index contributed by atoms with van der Waals surface area (Å²) in [6.45, 7) is 2.02. The Labute approximate surface area is 126 Å². The van der Waals surface area contributed by atoms with Crippen molar-refractivity contribution >= 4 is 29.3 Å². The summed E-state index contributed by atoms with van der Waals surface area (Å²) in [6.07, 6.45) is 1.40. The molecular weight excluding hydrogens is 288 g/mol. The van der Waals surface area contributed by atoms with Crippen molar-refractivity contribution in [3.8, 4) is 0 Å². The van der Waals surface area contributed by atoms with Gasteiger partial charge in [0, 0.05) is 11.1 Å². The molecule has 2 aromatic rings. The number of anilines is 1. The summed E-state index contributed by atoms with van der Waals surface area (Å²) in [5.74, 6) is -0.835. The molecule has 1 aromatic heterocycles. The molecule has 1 amide bonds. The number of hydrogen-bond acceptors (Lipinski definition) is 4. The Morgan fingerprint density at radius 2 is 2.00 bits per heavy atom. The number of amides is 1. The third-order valence-corrected chi connectivity index (χ3v) is 3.64. The van der Waals surface area contributed by atoms with E-state index in [2.05, 4.69) is 10.3 Å². The van der Waals surface area contributed by atoms with Gasteiger partial charge in [0.1, 0.15) is 5.69 Å². The quantitative estimate of drug-likeness (QED) is 0.829. The maximum Gasteiger partial charge on any atom is 0.338 e. The zero-order valence-electron chi connectivity index (χ0n) is 11.4. The van der Waals surface area contributed by atoms with Crippen LogP contribution in [0.15, 0.2) is 47.5 Å². The zero-order chi connectivity index (χ0) is 15.2. The minimum absolute atomic E-state index is 0.0960. The van der Waals surface area contributed by atoms with Gasteiger partial charge in [-0.15, -0.1) is 11.8 Å². The second-order valence-corrected chi connectivity index (χ2v) is 5.39. The molecule has 108 valence electrons. The van der Waals surface area contributed by atoms with E-state index >= 15 is 0 Å². The van der Waals surface area contributed by atoms with Crippen LogP contribution >= 0.6 is 11.8 Å². The van der Waals surface area contributed by atoms with Crippen LogP contribution in [0.1, 0.15) is 27.8 Å². The molecule has 0 spiro atoms. The first kappa shape index (κ1) is 15.1. The van der Waals surface area contributed by atoms with Gasteiger partial charge in [-0.05, 0) is 30.0 Å². The lowest BCUT2D eigenvalue weighted by Crippen LogP contribution is -2.18. The summed E-state index contributed by atoms with van der Waals surface area (Å²) in [5, 5.41) is 11.8. The Morgan fingerprint density at radius 3 is 2.71 bits per heavy atom. The van der Waals surface area contributed by atoms with Crippen LogP contribution in [0.4, 0.5) is 5.69 Å². The number of hydrogen-bond donors (Lipinski definition) is 2. The molecule has 0 saturated heterocycles. The number of pyridine rings is 1. The third-order valence-electron chi connectivity index (χ3n) is 2.69. The zero-order valence-corrected chi connectivity index (χ0v) is 12.2. The Balaban J connectivity index is 2.29. The van der Waals surface area contributed by atoms with E-state index in [1.807, 2.05) is 25.1 Å². The SMILES string of the molecule is CCSc1ccccc1NC(=O)c1ncccc1C(=O)O. The number of carbonyl (C=O) groups excluding carboxylic acids is 1. The minimum Gasteiger partial charge on any atom is -0.478 e. The van der Waals surface area contributed by atoms with Gasteiger partial charge in [0.15, 0.2) is 0 Å². The topological polar surface area (TPSA) is 79.3 Å². The first-order chi connectivity index (χ1) is 10.1. The van der Waals surface area contributed by atoms with E-state index in [0.29, 0.717) is 5.69 Å². The number of carbonyl (C=O) groups is 2. The summed E-state index contributed by atoms with van der Waals surface area (Å²) in [6, 6.07) is 10.2. The van der Waals surface area contributed by atoms with Crippen molar-refractivity contribution in [2.45, 2.75) is 11.8 Å². The molecular formula is C15H14N2O3S. The molecule has 6 heteroatoms. The molecule has 0 aliphatic rings. The Bertz CT molecular complexity index is 673. The van der Waals surface area contributed by atoms with Gasteiger partial charge in [-0.1, -0.05) is 19.1 Å². The van der Waals surface area contributed by atoms with Crippen molar-refractivity contribution in [2.75, 3.05) is 11.1 Å². The standard InChI is InChI=1S/C15H14N2O3S/c1-2-21-12-8-4-3-7-11(12)17-14(18)13-10(15(19)20)6-5-9-16-13/h3-9H,2H2,1H3,(H,17,18)(H,19,20).